The van der Waals surface area contributed by atoms with Crippen molar-refractivity contribution in [2.45, 2.75) is 26.3 Å². The topological polar surface area (TPSA) is 98.7 Å². The second-order valence-corrected chi connectivity index (χ2v) is 5.15. The molecule has 1 rings (SSSR count). The third-order valence-electron chi connectivity index (χ3n) is 2.17. The third kappa shape index (κ3) is 4.50. The van der Waals surface area contributed by atoms with E-state index in [2.05, 4.69) is 10.6 Å². The molecule has 0 bridgehead atoms. The maximum atomic E-state index is 11.7. The Hall–Kier alpha value is -2.24. The van der Waals surface area contributed by atoms with Crippen molar-refractivity contribution in [1.82, 2.24) is 10.6 Å². The van der Waals surface area contributed by atoms with Crippen molar-refractivity contribution in [1.29, 1.82) is 0 Å². The fourth-order valence-corrected chi connectivity index (χ4v) is 1.47. The van der Waals surface area contributed by atoms with Crippen molar-refractivity contribution in [3.05, 3.63) is 23.8 Å². The van der Waals surface area contributed by atoms with E-state index in [4.69, 9.17) is 0 Å². The van der Waals surface area contributed by atoms with Gasteiger partial charge in [-0.3, -0.25) is 9.59 Å². The number of phenols is 2. The van der Waals surface area contributed by atoms with Crippen LogP contribution < -0.4 is 10.6 Å². The van der Waals surface area contributed by atoms with Gasteiger partial charge in [-0.1, -0.05) is 6.07 Å². The molecule has 1 aromatic carbocycles. The Kier molecular flexibility index (Phi) is 4.37. The van der Waals surface area contributed by atoms with Gasteiger partial charge in [0.05, 0.1) is 6.54 Å². The smallest absolute Gasteiger partial charge is 0.259 e. The van der Waals surface area contributed by atoms with Crippen molar-refractivity contribution < 1.29 is 19.8 Å². The summed E-state index contributed by atoms with van der Waals surface area (Å²) in [5.74, 6) is -1.74. The number of nitrogens with one attached hydrogen (secondary N) is 2. The largest absolute Gasteiger partial charge is 0.507 e. The Morgan fingerprint density at radius 3 is 2.16 bits per heavy atom. The lowest BCUT2D eigenvalue weighted by Crippen LogP contribution is -2.45. The highest BCUT2D eigenvalue weighted by Crippen LogP contribution is 2.25. The van der Waals surface area contributed by atoms with Gasteiger partial charge >= 0.3 is 0 Å². The second kappa shape index (κ2) is 5.60. The average Bonchev–Trinajstić information content (AvgIpc) is 2.23. The first-order valence-electron chi connectivity index (χ1n) is 5.81. The molecule has 0 aliphatic carbocycles. The maximum Gasteiger partial charge on any atom is 0.259 e. The van der Waals surface area contributed by atoms with Crippen LogP contribution in [0, 0.1) is 0 Å². The zero-order valence-electron chi connectivity index (χ0n) is 11.2. The number of rotatable bonds is 3. The fraction of sp³-hybridized carbons (Fsp3) is 0.385. The van der Waals surface area contributed by atoms with Crippen molar-refractivity contribution in [3.63, 3.8) is 0 Å². The third-order valence-corrected chi connectivity index (χ3v) is 2.17. The Morgan fingerprint density at radius 2 is 1.68 bits per heavy atom. The lowest BCUT2D eigenvalue weighted by molar-refractivity contribution is -0.121. The van der Waals surface area contributed by atoms with Crippen LogP contribution in [0.2, 0.25) is 0 Å². The second-order valence-electron chi connectivity index (χ2n) is 5.15. The number of amides is 2. The number of hydrogen-bond donors (Lipinski definition) is 4. The molecule has 0 saturated heterocycles. The first kappa shape index (κ1) is 14.8. The molecule has 6 heteroatoms. The van der Waals surface area contributed by atoms with E-state index >= 15 is 0 Å². The Bertz CT molecular complexity index is 472. The van der Waals surface area contributed by atoms with Gasteiger partial charge in [0.2, 0.25) is 5.91 Å². The first-order valence-corrected chi connectivity index (χ1v) is 5.81. The van der Waals surface area contributed by atoms with Gasteiger partial charge in [0.15, 0.2) is 0 Å². The predicted molar refractivity (Wildman–Crippen MR) is 70.0 cm³/mol. The molecule has 0 spiro atoms. The maximum absolute atomic E-state index is 11.7. The molecule has 0 fully saturated rings. The highest BCUT2D eigenvalue weighted by Gasteiger charge is 2.18. The molecule has 0 heterocycles. The van der Waals surface area contributed by atoms with E-state index in [9.17, 15) is 19.8 Å². The van der Waals surface area contributed by atoms with Crippen LogP contribution in [0.4, 0.5) is 0 Å². The molecular weight excluding hydrogens is 248 g/mol. The van der Waals surface area contributed by atoms with Crippen molar-refractivity contribution in [2.75, 3.05) is 6.54 Å². The molecule has 0 radical (unpaired) electrons. The fourth-order valence-electron chi connectivity index (χ4n) is 1.47. The monoisotopic (exact) mass is 266 g/mol. The Morgan fingerprint density at radius 1 is 1.16 bits per heavy atom. The molecule has 6 nitrogen and oxygen atoms in total. The quantitative estimate of drug-likeness (QED) is 0.648. The molecular formula is C13H18N2O4. The van der Waals surface area contributed by atoms with Crippen LogP contribution in [0.5, 0.6) is 11.5 Å². The van der Waals surface area contributed by atoms with Gasteiger partial charge in [0.1, 0.15) is 17.1 Å². The number of hydrogen-bond acceptors (Lipinski definition) is 4. The van der Waals surface area contributed by atoms with Crippen LogP contribution in [0.15, 0.2) is 18.2 Å². The number of carbonyl (C=O) groups excluding carboxylic acids is 2. The molecule has 0 aromatic heterocycles. The molecule has 0 aliphatic rings. The molecule has 0 atom stereocenters. The molecule has 1 aromatic rings. The lowest BCUT2D eigenvalue weighted by Gasteiger charge is -2.20. The number of carbonyl (C=O) groups is 2. The van der Waals surface area contributed by atoms with Gasteiger partial charge in [-0.15, -0.1) is 0 Å². The van der Waals surface area contributed by atoms with Gasteiger partial charge in [0.25, 0.3) is 5.91 Å². The summed E-state index contributed by atoms with van der Waals surface area (Å²) in [7, 11) is 0. The summed E-state index contributed by atoms with van der Waals surface area (Å²) in [6.45, 7) is 5.23. The number of phenolic OH excluding ortho intramolecular Hbond substituents is 2. The molecule has 19 heavy (non-hydrogen) atoms. The summed E-state index contributed by atoms with van der Waals surface area (Å²) in [6, 6.07) is 3.97. The van der Waals surface area contributed by atoms with Crippen LogP contribution in [-0.4, -0.2) is 34.1 Å². The highest BCUT2D eigenvalue weighted by atomic mass is 16.3. The van der Waals surface area contributed by atoms with Crippen molar-refractivity contribution >= 4 is 11.8 Å². The molecule has 104 valence electrons. The van der Waals surface area contributed by atoms with Crippen LogP contribution in [0.25, 0.3) is 0 Å². The van der Waals surface area contributed by atoms with Crippen molar-refractivity contribution in [2.24, 2.45) is 0 Å². The molecule has 0 unspecified atom stereocenters. The number of benzene rings is 1. The van der Waals surface area contributed by atoms with E-state index in [1.807, 2.05) is 20.8 Å². The standard InChI is InChI=1S/C13H18N2O4/c1-13(2,3)15-10(18)7-14-12(19)11-8(16)5-4-6-9(11)17/h4-6,16-17H,7H2,1-3H3,(H,14,19)(H,15,18). The summed E-state index contributed by atoms with van der Waals surface area (Å²) in [5, 5.41) is 24.0. The summed E-state index contributed by atoms with van der Waals surface area (Å²) < 4.78 is 0. The predicted octanol–water partition coefficient (Wildman–Crippen LogP) is 0.742. The number of aromatic hydroxyl groups is 2. The molecule has 0 saturated carbocycles. The minimum absolute atomic E-state index is 0.232. The molecule has 2 amide bonds. The first-order chi connectivity index (χ1) is 8.70. The van der Waals surface area contributed by atoms with E-state index in [1.54, 1.807) is 0 Å². The van der Waals surface area contributed by atoms with Crippen LogP contribution in [0.3, 0.4) is 0 Å². The lowest BCUT2D eigenvalue weighted by atomic mass is 10.1. The summed E-state index contributed by atoms with van der Waals surface area (Å²) >= 11 is 0. The SMILES string of the molecule is CC(C)(C)NC(=O)CNC(=O)c1c(O)cccc1O. The molecule has 4 N–H and O–H groups in total. The Balaban J connectivity index is 2.64. The molecule has 0 aliphatic heterocycles. The van der Waals surface area contributed by atoms with Gasteiger partial charge in [0, 0.05) is 5.54 Å². The normalized spacial score (nSPS) is 10.9. The van der Waals surface area contributed by atoms with E-state index < -0.39 is 11.4 Å². The highest BCUT2D eigenvalue weighted by molar-refractivity contribution is 6.01. The summed E-state index contributed by atoms with van der Waals surface area (Å²) in [4.78, 5) is 23.3. The van der Waals surface area contributed by atoms with Gasteiger partial charge in [-0.05, 0) is 32.9 Å². The van der Waals surface area contributed by atoms with Crippen molar-refractivity contribution in [3.8, 4) is 11.5 Å². The minimum Gasteiger partial charge on any atom is -0.507 e. The zero-order valence-corrected chi connectivity index (χ0v) is 11.2. The van der Waals surface area contributed by atoms with Gasteiger partial charge in [-0.2, -0.15) is 0 Å². The minimum atomic E-state index is -0.709. The van der Waals surface area contributed by atoms with Crippen LogP contribution >= 0.6 is 0 Å². The van der Waals surface area contributed by atoms with Gasteiger partial charge in [-0.25, -0.2) is 0 Å². The van der Waals surface area contributed by atoms with Crippen LogP contribution in [0.1, 0.15) is 31.1 Å². The average molecular weight is 266 g/mol. The van der Waals surface area contributed by atoms with E-state index in [0.29, 0.717) is 0 Å². The van der Waals surface area contributed by atoms with Crippen LogP contribution in [-0.2, 0) is 4.79 Å². The zero-order chi connectivity index (χ0) is 14.6. The van der Waals surface area contributed by atoms with Gasteiger partial charge < -0.3 is 20.8 Å². The van der Waals surface area contributed by atoms with E-state index in [0.717, 1.165) is 0 Å². The summed E-state index contributed by atoms with van der Waals surface area (Å²) in [5.41, 5.74) is -0.634. The van der Waals surface area contributed by atoms with E-state index in [-0.39, 0.29) is 29.5 Å². The Labute approximate surface area is 111 Å². The summed E-state index contributed by atoms with van der Waals surface area (Å²) in [6.07, 6.45) is 0. The van der Waals surface area contributed by atoms with E-state index in [1.165, 1.54) is 18.2 Å².